The van der Waals surface area contributed by atoms with Crippen molar-refractivity contribution in [3.05, 3.63) is 24.3 Å². The summed E-state index contributed by atoms with van der Waals surface area (Å²) in [6, 6.07) is 7.72. The molecular weight excluding hydrogens is 266 g/mol. The Hall–Kier alpha value is -2.04. The van der Waals surface area contributed by atoms with Gasteiger partial charge in [0.25, 0.3) is 0 Å². The summed E-state index contributed by atoms with van der Waals surface area (Å²) in [5.41, 5.74) is 2.05. The van der Waals surface area contributed by atoms with Crippen LogP contribution in [-0.4, -0.2) is 31.6 Å². The number of carbonyl (C=O) groups excluding carboxylic acids is 2. The van der Waals surface area contributed by atoms with E-state index in [1.165, 1.54) is 18.5 Å². The van der Waals surface area contributed by atoms with Gasteiger partial charge in [0.1, 0.15) is 0 Å². The molecule has 0 atom stereocenters. The van der Waals surface area contributed by atoms with E-state index in [2.05, 4.69) is 29.3 Å². The van der Waals surface area contributed by atoms with Gasteiger partial charge in [-0.05, 0) is 43.0 Å². The quantitative estimate of drug-likeness (QED) is 0.908. The third-order valence-electron chi connectivity index (χ3n) is 4.36. The molecule has 0 saturated carbocycles. The third kappa shape index (κ3) is 3.01. The van der Waals surface area contributed by atoms with Crippen LogP contribution in [0.1, 0.15) is 26.2 Å². The number of benzene rings is 1. The maximum atomic E-state index is 11.8. The fraction of sp³-hybridized carbons (Fsp3) is 0.500. The molecule has 21 heavy (non-hydrogen) atoms. The number of amides is 3. The lowest BCUT2D eigenvalue weighted by Gasteiger charge is -2.32. The summed E-state index contributed by atoms with van der Waals surface area (Å²) < 4.78 is 0. The maximum absolute atomic E-state index is 11.8. The second-order valence-corrected chi connectivity index (χ2v) is 5.94. The van der Waals surface area contributed by atoms with Crippen LogP contribution >= 0.6 is 0 Å². The van der Waals surface area contributed by atoms with Gasteiger partial charge < -0.3 is 4.90 Å². The lowest BCUT2D eigenvalue weighted by Crippen LogP contribution is -2.49. The van der Waals surface area contributed by atoms with Crippen molar-refractivity contribution < 1.29 is 9.59 Å². The molecule has 1 N–H and O–H groups in total. The van der Waals surface area contributed by atoms with Crippen LogP contribution in [0.5, 0.6) is 0 Å². The Bertz CT molecular complexity index is 533. The Morgan fingerprint density at radius 1 is 1.00 bits per heavy atom. The molecule has 0 unspecified atom stereocenters. The minimum Gasteiger partial charge on any atom is -0.372 e. The summed E-state index contributed by atoms with van der Waals surface area (Å²) in [4.78, 5) is 27.0. The van der Waals surface area contributed by atoms with Gasteiger partial charge in [-0.3, -0.25) is 15.0 Å². The molecular formula is C16H21N3O2. The van der Waals surface area contributed by atoms with Crippen LogP contribution in [0.2, 0.25) is 0 Å². The monoisotopic (exact) mass is 287 g/mol. The van der Waals surface area contributed by atoms with Crippen LogP contribution in [0, 0.1) is 5.92 Å². The van der Waals surface area contributed by atoms with Crippen molar-refractivity contribution in [2.45, 2.75) is 26.2 Å². The number of hydrogen-bond acceptors (Lipinski definition) is 3. The van der Waals surface area contributed by atoms with Gasteiger partial charge in [0.05, 0.1) is 0 Å². The number of imide groups is 1. The second kappa shape index (κ2) is 5.76. The number of nitrogens with zero attached hydrogens (tertiary/aromatic N) is 2. The van der Waals surface area contributed by atoms with Gasteiger partial charge in [-0.15, -0.1) is 0 Å². The number of piperidine rings is 1. The number of anilines is 2. The van der Waals surface area contributed by atoms with E-state index < -0.39 is 0 Å². The van der Waals surface area contributed by atoms with Crippen LogP contribution in [0.4, 0.5) is 16.2 Å². The van der Waals surface area contributed by atoms with Gasteiger partial charge in [-0.25, -0.2) is 4.79 Å². The van der Waals surface area contributed by atoms with E-state index in [1.807, 2.05) is 12.1 Å². The highest BCUT2D eigenvalue weighted by Gasteiger charge is 2.24. The van der Waals surface area contributed by atoms with Crippen LogP contribution in [0.25, 0.3) is 0 Å². The first kappa shape index (κ1) is 13.9. The SMILES string of the molecule is CC1CCN(c2ccc(N3CCC(=O)NC3=O)cc2)CC1. The molecule has 2 aliphatic rings. The highest BCUT2D eigenvalue weighted by atomic mass is 16.2. The smallest absolute Gasteiger partial charge is 0.328 e. The zero-order chi connectivity index (χ0) is 14.8. The zero-order valence-corrected chi connectivity index (χ0v) is 12.3. The molecule has 5 heteroatoms. The summed E-state index contributed by atoms with van der Waals surface area (Å²) in [6.07, 6.45) is 2.83. The van der Waals surface area contributed by atoms with Crippen molar-refractivity contribution in [3.8, 4) is 0 Å². The standard InChI is InChI=1S/C16H21N3O2/c1-12-6-9-18(10-7-12)13-2-4-14(5-3-13)19-11-8-15(20)17-16(19)21/h2-5,12H,6-11H2,1H3,(H,17,20,21). The van der Waals surface area contributed by atoms with E-state index in [0.29, 0.717) is 13.0 Å². The number of urea groups is 1. The van der Waals surface area contributed by atoms with Crippen LogP contribution in [-0.2, 0) is 4.79 Å². The van der Waals surface area contributed by atoms with Crippen molar-refractivity contribution in [3.63, 3.8) is 0 Å². The maximum Gasteiger partial charge on any atom is 0.328 e. The molecule has 1 aromatic carbocycles. The minimum absolute atomic E-state index is 0.199. The second-order valence-electron chi connectivity index (χ2n) is 5.94. The van der Waals surface area contributed by atoms with Gasteiger partial charge in [0.15, 0.2) is 0 Å². The minimum atomic E-state index is -0.328. The molecule has 2 fully saturated rings. The van der Waals surface area contributed by atoms with Gasteiger partial charge in [-0.1, -0.05) is 6.92 Å². The Morgan fingerprint density at radius 3 is 2.24 bits per heavy atom. The van der Waals surface area contributed by atoms with Gasteiger partial charge in [-0.2, -0.15) is 0 Å². The number of carbonyl (C=O) groups is 2. The first-order valence-electron chi connectivity index (χ1n) is 7.60. The highest BCUT2D eigenvalue weighted by Crippen LogP contribution is 2.26. The molecule has 5 nitrogen and oxygen atoms in total. The van der Waals surface area contributed by atoms with Crippen LogP contribution in [0.3, 0.4) is 0 Å². The Balaban J connectivity index is 1.69. The average molecular weight is 287 g/mol. The average Bonchev–Trinajstić information content (AvgIpc) is 2.48. The van der Waals surface area contributed by atoms with Crippen molar-refractivity contribution in [1.82, 2.24) is 5.32 Å². The normalized spacial score (nSPS) is 20.6. The van der Waals surface area contributed by atoms with Crippen molar-refractivity contribution in [2.24, 2.45) is 5.92 Å². The first-order valence-corrected chi connectivity index (χ1v) is 7.60. The van der Waals surface area contributed by atoms with E-state index in [4.69, 9.17) is 0 Å². The molecule has 112 valence electrons. The van der Waals surface area contributed by atoms with Crippen LogP contribution < -0.4 is 15.1 Å². The lowest BCUT2D eigenvalue weighted by atomic mass is 9.99. The van der Waals surface area contributed by atoms with Crippen molar-refractivity contribution in [2.75, 3.05) is 29.4 Å². The summed E-state index contributed by atoms with van der Waals surface area (Å²) >= 11 is 0. The predicted octanol–water partition coefficient (Wildman–Crippen LogP) is 2.37. The highest BCUT2D eigenvalue weighted by molar-refractivity contribution is 6.05. The van der Waals surface area contributed by atoms with E-state index in [1.54, 1.807) is 4.90 Å². The molecule has 3 rings (SSSR count). The van der Waals surface area contributed by atoms with Crippen molar-refractivity contribution >= 4 is 23.3 Å². The summed E-state index contributed by atoms with van der Waals surface area (Å²) in [7, 11) is 0. The summed E-state index contributed by atoms with van der Waals surface area (Å²) in [6.45, 7) is 4.94. The first-order chi connectivity index (χ1) is 10.1. The van der Waals surface area contributed by atoms with E-state index in [-0.39, 0.29) is 11.9 Å². The van der Waals surface area contributed by atoms with E-state index in [9.17, 15) is 9.59 Å². The topological polar surface area (TPSA) is 52.6 Å². The largest absolute Gasteiger partial charge is 0.372 e. The molecule has 0 bridgehead atoms. The van der Waals surface area contributed by atoms with Gasteiger partial charge in [0, 0.05) is 37.4 Å². The molecule has 2 saturated heterocycles. The van der Waals surface area contributed by atoms with Gasteiger partial charge in [0.2, 0.25) is 5.91 Å². The number of rotatable bonds is 2. The van der Waals surface area contributed by atoms with Crippen molar-refractivity contribution in [1.29, 1.82) is 0 Å². The molecule has 0 aromatic heterocycles. The Kier molecular flexibility index (Phi) is 3.82. The number of hydrogen-bond donors (Lipinski definition) is 1. The molecule has 1 aromatic rings. The lowest BCUT2D eigenvalue weighted by molar-refractivity contribution is -0.120. The van der Waals surface area contributed by atoms with Crippen LogP contribution in [0.15, 0.2) is 24.3 Å². The van der Waals surface area contributed by atoms with E-state index >= 15 is 0 Å². The molecule has 0 radical (unpaired) electrons. The third-order valence-corrected chi connectivity index (χ3v) is 4.36. The zero-order valence-electron chi connectivity index (χ0n) is 12.3. The molecule has 2 aliphatic heterocycles. The Labute approximate surface area is 124 Å². The fourth-order valence-corrected chi connectivity index (χ4v) is 2.92. The molecule has 0 spiro atoms. The summed E-state index contributed by atoms with van der Waals surface area (Å²) in [5.74, 6) is 0.616. The summed E-state index contributed by atoms with van der Waals surface area (Å²) in [5, 5.41) is 2.35. The number of nitrogens with one attached hydrogen (secondary N) is 1. The molecule has 2 heterocycles. The fourth-order valence-electron chi connectivity index (χ4n) is 2.92. The predicted molar refractivity (Wildman–Crippen MR) is 82.6 cm³/mol. The van der Waals surface area contributed by atoms with Gasteiger partial charge >= 0.3 is 6.03 Å². The molecule has 0 aliphatic carbocycles. The Morgan fingerprint density at radius 2 is 1.62 bits per heavy atom. The van der Waals surface area contributed by atoms with E-state index in [0.717, 1.165) is 24.7 Å². The molecule has 3 amide bonds.